The number of nitrogens with one attached hydrogen (secondary N) is 3. The van der Waals surface area contributed by atoms with Crippen LogP contribution >= 0.6 is 0 Å². The number of amides is 1. The average Bonchev–Trinajstić information content (AvgIpc) is 2.94. The van der Waals surface area contributed by atoms with Gasteiger partial charge in [-0.3, -0.25) is 9.89 Å². The summed E-state index contributed by atoms with van der Waals surface area (Å²) in [6.07, 6.45) is 0.832. The number of hydrogen-bond donors (Lipinski definition) is 3. The average molecular weight is 272 g/mol. The Bertz CT molecular complexity index is 577. The summed E-state index contributed by atoms with van der Waals surface area (Å²) in [5.74, 6) is -0.193. The van der Waals surface area contributed by atoms with E-state index in [0.29, 0.717) is 5.69 Å². The van der Waals surface area contributed by atoms with E-state index in [1.54, 1.807) is 6.07 Å². The van der Waals surface area contributed by atoms with E-state index in [4.69, 9.17) is 0 Å². The minimum Gasteiger partial charge on any atom is -0.321 e. The first-order valence-corrected chi connectivity index (χ1v) is 6.88. The molecule has 5 nitrogen and oxygen atoms in total. The van der Waals surface area contributed by atoms with Gasteiger partial charge in [0.05, 0.1) is 0 Å². The molecule has 0 saturated heterocycles. The molecular weight excluding hydrogens is 252 g/mol. The number of rotatable bonds is 6. The lowest BCUT2D eigenvalue weighted by Gasteiger charge is -2.06. The SMILES string of the molecule is CCNCc1cccc(NC(=O)c2cc(CC)[nH]n2)c1. The predicted molar refractivity (Wildman–Crippen MR) is 79.7 cm³/mol. The zero-order valence-corrected chi connectivity index (χ0v) is 11.9. The van der Waals surface area contributed by atoms with Crippen molar-refractivity contribution in [2.24, 2.45) is 0 Å². The molecule has 0 radical (unpaired) electrons. The van der Waals surface area contributed by atoms with E-state index < -0.39 is 0 Å². The summed E-state index contributed by atoms with van der Waals surface area (Å²) >= 11 is 0. The standard InChI is InChI=1S/C15H20N4O/c1-3-12-9-14(19-18-12)15(20)17-13-7-5-6-11(8-13)10-16-4-2/h5-9,16H,3-4,10H2,1-2H3,(H,17,20)(H,18,19). The molecule has 0 unspecified atom stereocenters. The molecule has 2 rings (SSSR count). The van der Waals surface area contributed by atoms with E-state index >= 15 is 0 Å². The van der Waals surface area contributed by atoms with E-state index in [0.717, 1.165) is 36.5 Å². The van der Waals surface area contributed by atoms with E-state index in [9.17, 15) is 4.79 Å². The zero-order valence-electron chi connectivity index (χ0n) is 11.9. The molecule has 0 aliphatic rings. The van der Waals surface area contributed by atoms with Crippen molar-refractivity contribution in [3.8, 4) is 0 Å². The molecule has 0 spiro atoms. The Morgan fingerprint density at radius 1 is 1.30 bits per heavy atom. The fourth-order valence-corrected chi connectivity index (χ4v) is 1.88. The van der Waals surface area contributed by atoms with Crippen LogP contribution in [-0.2, 0) is 13.0 Å². The number of aryl methyl sites for hydroxylation is 1. The molecule has 1 heterocycles. The number of anilines is 1. The molecule has 5 heteroatoms. The largest absolute Gasteiger partial charge is 0.321 e. The molecule has 1 amide bonds. The second-order valence-electron chi connectivity index (χ2n) is 4.57. The second kappa shape index (κ2) is 6.86. The van der Waals surface area contributed by atoms with Crippen molar-refractivity contribution in [2.45, 2.75) is 26.8 Å². The molecule has 1 aromatic heterocycles. The number of benzene rings is 1. The molecule has 0 saturated carbocycles. The minimum atomic E-state index is -0.193. The van der Waals surface area contributed by atoms with Crippen LogP contribution in [0.2, 0.25) is 0 Å². The van der Waals surface area contributed by atoms with Crippen LogP contribution in [0.5, 0.6) is 0 Å². The van der Waals surface area contributed by atoms with Crippen LogP contribution in [0.4, 0.5) is 5.69 Å². The highest BCUT2D eigenvalue weighted by atomic mass is 16.1. The van der Waals surface area contributed by atoms with Gasteiger partial charge in [0, 0.05) is 17.9 Å². The third-order valence-corrected chi connectivity index (χ3v) is 3.01. The number of aromatic amines is 1. The van der Waals surface area contributed by atoms with Gasteiger partial charge in [0.15, 0.2) is 5.69 Å². The van der Waals surface area contributed by atoms with Crippen LogP contribution in [-0.4, -0.2) is 22.6 Å². The van der Waals surface area contributed by atoms with Crippen LogP contribution < -0.4 is 10.6 Å². The summed E-state index contributed by atoms with van der Waals surface area (Å²) in [6.45, 7) is 5.79. The topological polar surface area (TPSA) is 69.8 Å². The van der Waals surface area contributed by atoms with Crippen molar-refractivity contribution in [1.82, 2.24) is 15.5 Å². The van der Waals surface area contributed by atoms with Crippen LogP contribution in [0.15, 0.2) is 30.3 Å². The third-order valence-electron chi connectivity index (χ3n) is 3.01. The fourth-order valence-electron chi connectivity index (χ4n) is 1.88. The van der Waals surface area contributed by atoms with E-state index in [2.05, 4.69) is 27.8 Å². The van der Waals surface area contributed by atoms with E-state index in [-0.39, 0.29) is 5.91 Å². The van der Waals surface area contributed by atoms with Gasteiger partial charge in [-0.1, -0.05) is 26.0 Å². The Balaban J connectivity index is 2.03. The van der Waals surface area contributed by atoms with Crippen LogP contribution in [0.1, 0.15) is 35.6 Å². The third kappa shape index (κ3) is 3.68. The number of carbonyl (C=O) groups is 1. The van der Waals surface area contributed by atoms with Crippen molar-refractivity contribution in [3.63, 3.8) is 0 Å². The lowest BCUT2D eigenvalue weighted by atomic mass is 10.2. The Morgan fingerprint density at radius 2 is 2.15 bits per heavy atom. The molecule has 0 aliphatic carbocycles. The lowest BCUT2D eigenvalue weighted by molar-refractivity contribution is 0.102. The number of aromatic nitrogens is 2. The van der Waals surface area contributed by atoms with Gasteiger partial charge < -0.3 is 10.6 Å². The monoisotopic (exact) mass is 272 g/mol. The lowest BCUT2D eigenvalue weighted by Crippen LogP contribution is -2.14. The second-order valence-corrected chi connectivity index (χ2v) is 4.57. The smallest absolute Gasteiger partial charge is 0.276 e. The highest BCUT2D eigenvalue weighted by Gasteiger charge is 2.10. The molecule has 106 valence electrons. The number of nitrogens with zero attached hydrogens (tertiary/aromatic N) is 1. The molecule has 20 heavy (non-hydrogen) atoms. The zero-order chi connectivity index (χ0) is 14.4. The molecule has 0 bridgehead atoms. The first kappa shape index (κ1) is 14.3. The van der Waals surface area contributed by atoms with Crippen LogP contribution in [0.25, 0.3) is 0 Å². The number of hydrogen-bond acceptors (Lipinski definition) is 3. The fraction of sp³-hybridized carbons (Fsp3) is 0.333. The van der Waals surface area contributed by atoms with Gasteiger partial charge >= 0.3 is 0 Å². The highest BCUT2D eigenvalue weighted by Crippen LogP contribution is 2.12. The molecule has 0 atom stereocenters. The van der Waals surface area contributed by atoms with Gasteiger partial charge in [-0.15, -0.1) is 0 Å². The van der Waals surface area contributed by atoms with Gasteiger partial charge in [-0.05, 0) is 36.7 Å². The van der Waals surface area contributed by atoms with Crippen LogP contribution in [0, 0.1) is 0 Å². The first-order valence-electron chi connectivity index (χ1n) is 6.88. The number of carbonyl (C=O) groups excluding carboxylic acids is 1. The normalized spacial score (nSPS) is 10.5. The summed E-state index contributed by atoms with van der Waals surface area (Å²) < 4.78 is 0. The maximum Gasteiger partial charge on any atom is 0.276 e. The summed E-state index contributed by atoms with van der Waals surface area (Å²) in [5, 5.41) is 13.0. The molecule has 3 N–H and O–H groups in total. The van der Waals surface area contributed by atoms with Gasteiger partial charge in [0.1, 0.15) is 0 Å². The summed E-state index contributed by atoms with van der Waals surface area (Å²) in [6, 6.07) is 9.58. The minimum absolute atomic E-state index is 0.193. The quantitative estimate of drug-likeness (QED) is 0.756. The van der Waals surface area contributed by atoms with Gasteiger partial charge in [0.25, 0.3) is 5.91 Å². The Kier molecular flexibility index (Phi) is 4.90. The van der Waals surface area contributed by atoms with Crippen molar-refractivity contribution in [1.29, 1.82) is 0 Å². The Morgan fingerprint density at radius 3 is 2.85 bits per heavy atom. The molecule has 0 fully saturated rings. The van der Waals surface area contributed by atoms with E-state index in [1.807, 2.05) is 31.2 Å². The molecule has 1 aromatic carbocycles. The summed E-state index contributed by atoms with van der Waals surface area (Å²) in [7, 11) is 0. The summed E-state index contributed by atoms with van der Waals surface area (Å²) in [5.41, 5.74) is 3.29. The first-order chi connectivity index (χ1) is 9.72. The van der Waals surface area contributed by atoms with Crippen molar-refractivity contribution < 1.29 is 4.79 Å². The van der Waals surface area contributed by atoms with Crippen molar-refractivity contribution >= 4 is 11.6 Å². The number of H-pyrrole nitrogens is 1. The van der Waals surface area contributed by atoms with Gasteiger partial charge in [0.2, 0.25) is 0 Å². The predicted octanol–water partition coefficient (Wildman–Crippen LogP) is 2.33. The van der Waals surface area contributed by atoms with Gasteiger partial charge in [-0.2, -0.15) is 5.10 Å². The van der Waals surface area contributed by atoms with Crippen molar-refractivity contribution in [3.05, 3.63) is 47.3 Å². The maximum atomic E-state index is 12.1. The Hall–Kier alpha value is -2.14. The highest BCUT2D eigenvalue weighted by molar-refractivity contribution is 6.02. The summed E-state index contributed by atoms with van der Waals surface area (Å²) in [4.78, 5) is 12.1. The maximum absolute atomic E-state index is 12.1. The molecular formula is C15H20N4O. The Labute approximate surface area is 118 Å². The molecule has 2 aromatic rings. The van der Waals surface area contributed by atoms with Gasteiger partial charge in [-0.25, -0.2) is 0 Å². The van der Waals surface area contributed by atoms with Crippen LogP contribution in [0.3, 0.4) is 0 Å². The molecule has 0 aliphatic heterocycles. The van der Waals surface area contributed by atoms with Crippen molar-refractivity contribution in [2.75, 3.05) is 11.9 Å². The van der Waals surface area contributed by atoms with E-state index in [1.165, 1.54) is 0 Å².